The predicted molar refractivity (Wildman–Crippen MR) is 83.8 cm³/mol. The molecule has 108 valence electrons. The van der Waals surface area contributed by atoms with Gasteiger partial charge in [-0.3, -0.25) is 0 Å². The Morgan fingerprint density at radius 3 is 2.65 bits per heavy atom. The fraction of sp³-hybridized carbons (Fsp3) is 0.231. The zero-order valence-electron chi connectivity index (χ0n) is 11.0. The van der Waals surface area contributed by atoms with Crippen LogP contribution in [0.2, 0.25) is 0 Å². The zero-order chi connectivity index (χ0) is 14.8. The van der Waals surface area contributed by atoms with E-state index in [9.17, 15) is 8.42 Å². The van der Waals surface area contributed by atoms with Crippen LogP contribution < -0.4 is 9.46 Å². The molecule has 7 heteroatoms. The number of benzene rings is 1. The van der Waals surface area contributed by atoms with E-state index in [1.165, 1.54) is 13.2 Å². The molecule has 0 aliphatic rings. The molecule has 0 unspecified atom stereocenters. The van der Waals surface area contributed by atoms with Crippen molar-refractivity contribution in [2.24, 2.45) is 0 Å². The maximum absolute atomic E-state index is 12.3. The van der Waals surface area contributed by atoms with Crippen LogP contribution >= 0.6 is 27.3 Å². The normalized spacial score (nSPS) is 11.6. The number of sulfonamides is 1. The van der Waals surface area contributed by atoms with Crippen LogP contribution in [0.4, 0.5) is 0 Å². The first kappa shape index (κ1) is 15.5. The second-order valence-corrected chi connectivity index (χ2v) is 8.16. The third kappa shape index (κ3) is 3.60. The third-order valence-electron chi connectivity index (χ3n) is 2.65. The molecule has 20 heavy (non-hydrogen) atoms. The number of methoxy groups -OCH3 is 1. The van der Waals surface area contributed by atoms with Crippen molar-refractivity contribution in [2.75, 3.05) is 7.11 Å². The number of nitrogens with one attached hydrogen (secondary N) is 1. The number of thiophene rings is 1. The van der Waals surface area contributed by atoms with Crippen molar-refractivity contribution in [3.63, 3.8) is 0 Å². The van der Waals surface area contributed by atoms with E-state index in [2.05, 4.69) is 20.7 Å². The summed E-state index contributed by atoms with van der Waals surface area (Å²) in [5, 5.41) is 0. The molecule has 0 atom stereocenters. The molecular weight excluding hydrogens is 362 g/mol. The Morgan fingerprint density at radius 2 is 2.05 bits per heavy atom. The average Bonchev–Trinajstić information content (AvgIpc) is 2.82. The predicted octanol–water partition coefficient (Wildman–Crippen LogP) is 3.31. The second kappa shape index (κ2) is 6.26. The van der Waals surface area contributed by atoms with Crippen molar-refractivity contribution in [1.82, 2.24) is 4.72 Å². The topological polar surface area (TPSA) is 55.4 Å². The number of hydrogen-bond acceptors (Lipinski definition) is 4. The summed E-state index contributed by atoms with van der Waals surface area (Å²) in [6.45, 7) is 2.26. The summed E-state index contributed by atoms with van der Waals surface area (Å²) in [5.74, 6) is 0.322. The molecule has 2 aromatic rings. The molecule has 4 nitrogen and oxygen atoms in total. The number of rotatable bonds is 5. The fourth-order valence-electron chi connectivity index (χ4n) is 1.68. The van der Waals surface area contributed by atoms with E-state index >= 15 is 0 Å². The lowest BCUT2D eigenvalue weighted by Crippen LogP contribution is -2.23. The molecular formula is C13H14BrNO3S2. The highest BCUT2D eigenvalue weighted by Crippen LogP contribution is 2.27. The molecule has 0 saturated heterocycles. The van der Waals surface area contributed by atoms with Crippen LogP contribution in [0.1, 0.15) is 9.75 Å². The number of halogens is 1. The minimum atomic E-state index is -3.61. The van der Waals surface area contributed by atoms with Crippen molar-refractivity contribution in [2.45, 2.75) is 18.4 Å². The summed E-state index contributed by atoms with van der Waals surface area (Å²) in [6.07, 6.45) is 0. The smallest absolute Gasteiger partial charge is 0.244 e. The van der Waals surface area contributed by atoms with Gasteiger partial charge in [-0.25, -0.2) is 13.1 Å². The van der Waals surface area contributed by atoms with Crippen molar-refractivity contribution in [1.29, 1.82) is 0 Å². The molecule has 0 spiro atoms. The van der Waals surface area contributed by atoms with Crippen LogP contribution in [0.25, 0.3) is 0 Å². The van der Waals surface area contributed by atoms with E-state index in [0.717, 1.165) is 9.75 Å². The highest BCUT2D eigenvalue weighted by atomic mass is 79.9. The van der Waals surface area contributed by atoms with Gasteiger partial charge in [0.1, 0.15) is 10.6 Å². The molecule has 2 rings (SSSR count). The summed E-state index contributed by atoms with van der Waals surface area (Å²) >= 11 is 4.84. The van der Waals surface area contributed by atoms with Crippen LogP contribution in [-0.4, -0.2) is 15.5 Å². The monoisotopic (exact) mass is 375 g/mol. The Labute approximate surface area is 131 Å². The van der Waals surface area contributed by atoms with Gasteiger partial charge in [-0.05, 0) is 37.3 Å². The van der Waals surface area contributed by atoms with Gasteiger partial charge in [0.15, 0.2) is 0 Å². The Morgan fingerprint density at radius 1 is 1.30 bits per heavy atom. The van der Waals surface area contributed by atoms with Gasteiger partial charge >= 0.3 is 0 Å². The average molecular weight is 376 g/mol. The van der Waals surface area contributed by atoms with Crippen LogP contribution in [0.3, 0.4) is 0 Å². The summed E-state index contributed by atoms with van der Waals surface area (Å²) < 4.78 is 33.1. The minimum absolute atomic E-state index is 0.127. The zero-order valence-corrected chi connectivity index (χ0v) is 14.2. The van der Waals surface area contributed by atoms with E-state index in [1.807, 2.05) is 19.1 Å². The molecule has 0 aliphatic heterocycles. The lowest BCUT2D eigenvalue weighted by Gasteiger charge is -2.10. The number of ether oxygens (including phenoxy) is 1. The molecule has 1 aromatic carbocycles. The van der Waals surface area contributed by atoms with Crippen molar-refractivity contribution >= 4 is 37.3 Å². The second-order valence-electron chi connectivity index (χ2n) is 4.13. The fourth-order valence-corrected chi connectivity index (χ4v) is 4.32. The van der Waals surface area contributed by atoms with E-state index in [4.69, 9.17) is 4.74 Å². The summed E-state index contributed by atoms with van der Waals surface area (Å²) in [7, 11) is -2.16. The van der Waals surface area contributed by atoms with Crippen molar-refractivity contribution in [3.05, 3.63) is 44.6 Å². The Balaban J connectivity index is 2.24. The molecule has 1 aromatic heterocycles. The highest BCUT2D eigenvalue weighted by molar-refractivity contribution is 9.10. The highest BCUT2D eigenvalue weighted by Gasteiger charge is 2.19. The van der Waals surface area contributed by atoms with Gasteiger partial charge in [-0.15, -0.1) is 11.3 Å². The Hall–Kier alpha value is -0.890. The van der Waals surface area contributed by atoms with Crippen LogP contribution in [0.15, 0.2) is 39.7 Å². The Bertz CT molecular complexity index is 710. The van der Waals surface area contributed by atoms with Gasteiger partial charge < -0.3 is 4.74 Å². The van der Waals surface area contributed by atoms with Gasteiger partial charge in [0.2, 0.25) is 10.0 Å². The van der Waals surface area contributed by atoms with Crippen molar-refractivity contribution in [3.8, 4) is 5.75 Å². The maximum atomic E-state index is 12.3. The minimum Gasteiger partial charge on any atom is -0.495 e. The molecule has 0 aliphatic carbocycles. The third-order valence-corrected chi connectivity index (χ3v) is 5.56. The van der Waals surface area contributed by atoms with Gasteiger partial charge in [0, 0.05) is 20.8 Å². The molecule has 0 radical (unpaired) electrons. The summed E-state index contributed by atoms with van der Waals surface area (Å²) in [4.78, 5) is 2.25. The van der Waals surface area contributed by atoms with Crippen LogP contribution in [0.5, 0.6) is 5.75 Å². The summed E-state index contributed by atoms with van der Waals surface area (Å²) in [6, 6.07) is 8.77. The lowest BCUT2D eigenvalue weighted by atomic mass is 10.3. The standard InChI is InChI=1S/C13H14BrNO3S2/c1-9-3-5-11(19-9)8-15-20(16,17)13-7-10(14)4-6-12(13)18-2/h3-7,15H,8H2,1-2H3. The largest absolute Gasteiger partial charge is 0.495 e. The van der Waals surface area contributed by atoms with Gasteiger partial charge in [-0.1, -0.05) is 15.9 Å². The molecule has 0 saturated carbocycles. The van der Waals surface area contributed by atoms with Crippen molar-refractivity contribution < 1.29 is 13.2 Å². The van der Waals surface area contributed by atoms with Gasteiger partial charge in [0.05, 0.1) is 7.11 Å². The SMILES string of the molecule is COc1ccc(Br)cc1S(=O)(=O)NCc1ccc(C)s1. The van der Waals surface area contributed by atoms with E-state index in [1.54, 1.807) is 23.5 Å². The first-order chi connectivity index (χ1) is 9.42. The van der Waals surface area contributed by atoms with Crippen LogP contribution in [-0.2, 0) is 16.6 Å². The molecule has 1 heterocycles. The molecule has 0 amide bonds. The number of aryl methyl sites for hydroxylation is 1. The van der Waals surface area contributed by atoms with Gasteiger partial charge in [-0.2, -0.15) is 0 Å². The lowest BCUT2D eigenvalue weighted by molar-refractivity contribution is 0.402. The Kier molecular flexibility index (Phi) is 4.85. The first-order valence-electron chi connectivity index (χ1n) is 5.81. The van der Waals surface area contributed by atoms with E-state index in [-0.39, 0.29) is 11.4 Å². The summed E-state index contributed by atoms with van der Waals surface area (Å²) in [5.41, 5.74) is 0. The van der Waals surface area contributed by atoms with Gasteiger partial charge in [0.25, 0.3) is 0 Å². The molecule has 0 fully saturated rings. The number of hydrogen-bond donors (Lipinski definition) is 1. The van der Waals surface area contributed by atoms with Crippen LogP contribution in [0, 0.1) is 6.92 Å². The molecule has 0 bridgehead atoms. The van der Waals surface area contributed by atoms with E-state index in [0.29, 0.717) is 10.2 Å². The molecule has 1 N–H and O–H groups in total. The quantitative estimate of drug-likeness (QED) is 0.871. The first-order valence-corrected chi connectivity index (χ1v) is 8.90. The maximum Gasteiger partial charge on any atom is 0.244 e. The van der Waals surface area contributed by atoms with E-state index < -0.39 is 10.0 Å².